The first-order chi connectivity index (χ1) is 17.1. The molecule has 0 unspecified atom stereocenters. The summed E-state index contributed by atoms with van der Waals surface area (Å²) in [7, 11) is 0. The summed E-state index contributed by atoms with van der Waals surface area (Å²) in [4.78, 5) is 28.0. The fourth-order valence-electron chi connectivity index (χ4n) is 4.05. The molecule has 0 fully saturated rings. The molecule has 2 amide bonds. The standard InChI is InChI=1S/C30H40N4O2/c1-7-9-12-23-14-16-24(17-15-23)29(36)33(18-8-2)21-28(35)31-27-20-26(30(4,5)6)32-34(27)25-13-10-11-22(3)19-25/h10-11,13-17,19-20H,7-9,12,18,21H2,1-6H3,(H,31,35). The summed E-state index contributed by atoms with van der Waals surface area (Å²) in [6, 6.07) is 17.7. The largest absolute Gasteiger partial charge is 0.329 e. The van der Waals surface area contributed by atoms with E-state index in [9.17, 15) is 9.59 Å². The first kappa shape index (κ1) is 27.2. The van der Waals surface area contributed by atoms with Gasteiger partial charge in [-0.2, -0.15) is 5.10 Å². The lowest BCUT2D eigenvalue weighted by Crippen LogP contribution is -2.38. The van der Waals surface area contributed by atoms with E-state index in [1.165, 1.54) is 5.56 Å². The van der Waals surface area contributed by atoms with Crippen molar-refractivity contribution in [1.29, 1.82) is 0 Å². The number of unbranched alkanes of at least 4 members (excludes halogenated alkanes) is 1. The van der Waals surface area contributed by atoms with Gasteiger partial charge in [0.05, 0.1) is 11.4 Å². The van der Waals surface area contributed by atoms with Crippen LogP contribution < -0.4 is 5.32 Å². The van der Waals surface area contributed by atoms with Crippen molar-refractivity contribution in [2.24, 2.45) is 0 Å². The van der Waals surface area contributed by atoms with Crippen molar-refractivity contribution in [2.45, 2.75) is 72.6 Å². The van der Waals surface area contributed by atoms with E-state index in [1.807, 2.05) is 68.4 Å². The summed E-state index contributed by atoms with van der Waals surface area (Å²) in [5.74, 6) is 0.224. The average molecular weight is 489 g/mol. The zero-order chi connectivity index (χ0) is 26.3. The van der Waals surface area contributed by atoms with Gasteiger partial charge >= 0.3 is 0 Å². The van der Waals surface area contributed by atoms with Gasteiger partial charge in [0, 0.05) is 23.6 Å². The molecule has 0 saturated carbocycles. The maximum Gasteiger partial charge on any atom is 0.254 e. The third kappa shape index (κ3) is 7.06. The normalized spacial score (nSPS) is 11.4. The molecule has 1 aromatic heterocycles. The van der Waals surface area contributed by atoms with Crippen LogP contribution in [0.3, 0.4) is 0 Å². The van der Waals surface area contributed by atoms with Gasteiger partial charge in [0.2, 0.25) is 5.91 Å². The minimum absolute atomic E-state index is 0.0197. The van der Waals surface area contributed by atoms with Crippen LogP contribution in [0.4, 0.5) is 5.82 Å². The fourth-order valence-corrected chi connectivity index (χ4v) is 4.05. The van der Waals surface area contributed by atoms with Gasteiger partial charge in [0.25, 0.3) is 5.91 Å². The van der Waals surface area contributed by atoms with Gasteiger partial charge in [-0.15, -0.1) is 0 Å². The predicted octanol–water partition coefficient (Wildman–Crippen LogP) is 6.31. The van der Waals surface area contributed by atoms with Gasteiger partial charge in [-0.1, -0.05) is 65.3 Å². The third-order valence-electron chi connectivity index (χ3n) is 6.13. The molecule has 2 aromatic carbocycles. The SMILES string of the molecule is CCCCc1ccc(C(=O)N(CCC)CC(=O)Nc2cc(C(C)(C)C)nn2-c2cccc(C)c2)cc1. The number of aromatic nitrogens is 2. The Kier molecular flexibility index (Phi) is 9.08. The van der Waals surface area contributed by atoms with Crippen LogP contribution in [-0.2, 0) is 16.6 Å². The van der Waals surface area contributed by atoms with Crippen molar-refractivity contribution in [3.8, 4) is 5.69 Å². The molecule has 0 spiro atoms. The quantitative estimate of drug-likeness (QED) is 0.363. The molecule has 3 aromatic rings. The highest BCUT2D eigenvalue weighted by molar-refractivity contribution is 5.99. The minimum atomic E-state index is -0.245. The number of carbonyl (C=O) groups excluding carboxylic acids is 2. The second-order valence-corrected chi connectivity index (χ2v) is 10.5. The summed E-state index contributed by atoms with van der Waals surface area (Å²) in [6.45, 7) is 13.0. The van der Waals surface area contributed by atoms with Crippen molar-refractivity contribution in [3.05, 3.63) is 77.0 Å². The van der Waals surface area contributed by atoms with Gasteiger partial charge in [0.1, 0.15) is 12.4 Å². The lowest BCUT2D eigenvalue weighted by molar-refractivity contribution is -0.116. The molecule has 0 aliphatic carbocycles. The van der Waals surface area contributed by atoms with Crippen LogP contribution in [0.2, 0.25) is 0 Å². The first-order valence-corrected chi connectivity index (χ1v) is 13.0. The molecule has 0 bridgehead atoms. The molecule has 0 aliphatic rings. The van der Waals surface area contributed by atoms with Crippen LogP contribution in [-0.4, -0.2) is 39.6 Å². The van der Waals surface area contributed by atoms with E-state index >= 15 is 0 Å². The summed E-state index contributed by atoms with van der Waals surface area (Å²) in [5, 5.41) is 7.81. The number of benzene rings is 2. The van der Waals surface area contributed by atoms with E-state index in [4.69, 9.17) is 5.10 Å². The molecule has 0 saturated heterocycles. The van der Waals surface area contributed by atoms with Gasteiger partial charge in [-0.25, -0.2) is 4.68 Å². The Hall–Kier alpha value is -3.41. The van der Waals surface area contributed by atoms with E-state index in [-0.39, 0.29) is 23.8 Å². The van der Waals surface area contributed by atoms with Gasteiger partial charge in [-0.05, 0) is 61.6 Å². The van der Waals surface area contributed by atoms with Crippen LogP contribution in [0.15, 0.2) is 54.6 Å². The lowest BCUT2D eigenvalue weighted by Gasteiger charge is -2.22. The Morgan fingerprint density at radius 2 is 1.72 bits per heavy atom. The lowest BCUT2D eigenvalue weighted by atomic mass is 9.92. The highest BCUT2D eigenvalue weighted by atomic mass is 16.2. The van der Waals surface area contributed by atoms with E-state index in [2.05, 4.69) is 33.0 Å². The van der Waals surface area contributed by atoms with Crippen molar-refractivity contribution in [1.82, 2.24) is 14.7 Å². The molecule has 6 nitrogen and oxygen atoms in total. The van der Waals surface area contributed by atoms with Crippen LogP contribution >= 0.6 is 0 Å². The van der Waals surface area contributed by atoms with Crippen molar-refractivity contribution >= 4 is 17.6 Å². The summed E-state index contributed by atoms with van der Waals surface area (Å²) >= 11 is 0. The zero-order valence-corrected chi connectivity index (χ0v) is 22.6. The Balaban J connectivity index is 1.79. The number of rotatable bonds is 10. The predicted molar refractivity (Wildman–Crippen MR) is 147 cm³/mol. The first-order valence-electron chi connectivity index (χ1n) is 13.0. The summed E-state index contributed by atoms with van der Waals surface area (Å²) in [6.07, 6.45) is 4.05. The number of hydrogen-bond acceptors (Lipinski definition) is 3. The number of nitrogens with one attached hydrogen (secondary N) is 1. The molecular formula is C30H40N4O2. The molecule has 3 rings (SSSR count). The van der Waals surface area contributed by atoms with Crippen molar-refractivity contribution < 1.29 is 9.59 Å². The second kappa shape index (κ2) is 12.0. The fraction of sp³-hybridized carbons (Fsp3) is 0.433. The van der Waals surface area contributed by atoms with Crippen LogP contribution in [0.25, 0.3) is 5.69 Å². The zero-order valence-electron chi connectivity index (χ0n) is 22.6. The topological polar surface area (TPSA) is 67.2 Å². The Morgan fingerprint density at radius 3 is 2.33 bits per heavy atom. The molecule has 0 atom stereocenters. The molecule has 1 N–H and O–H groups in total. The van der Waals surface area contributed by atoms with Crippen LogP contribution in [0.1, 0.15) is 81.1 Å². The summed E-state index contributed by atoms with van der Waals surface area (Å²) in [5.41, 5.74) is 4.53. The van der Waals surface area contributed by atoms with Crippen molar-refractivity contribution in [3.63, 3.8) is 0 Å². The van der Waals surface area contributed by atoms with E-state index in [1.54, 1.807) is 9.58 Å². The molecule has 36 heavy (non-hydrogen) atoms. The number of amides is 2. The van der Waals surface area contributed by atoms with Crippen LogP contribution in [0.5, 0.6) is 0 Å². The highest BCUT2D eigenvalue weighted by Crippen LogP contribution is 2.26. The summed E-state index contributed by atoms with van der Waals surface area (Å²) < 4.78 is 1.77. The number of hydrogen-bond donors (Lipinski definition) is 1. The maximum absolute atomic E-state index is 13.2. The Bertz CT molecular complexity index is 1170. The Labute approximate surface area is 215 Å². The number of carbonyl (C=O) groups is 2. The second-order valence-electron chi connectivity index (χ2n) is 10.5. The smallest absolute Gasteiger partial charge is 0.254 e. The number of nitrogens with zero attached hydrogens (tertiary/aromatic N) is 3. The molecule has 0 aliphatic heterocycles. The minimum Gasteiger partial charge on any atom is -0.329 e. The van der Waals surface area contributed by atoms with Gasteiger partial charge < -0.3 is 10.2 Å². The number of anilines is 1. The monoisotopic (exact) mass is 488 g/mol. The van der Waals surface area contributed by atoms with Gasteiger partial charge in [-0.3, -0.25) is 9.59 Å². The van der Waals surface area contributed by atoms with Crippen molar-refractivity contribution in [2.75, 3.05) is 18.4 Å². The third-order valence-corrected chi connectivity index (χ3v) is 6.13. The van der Waals surface area contributed by atoms with Gasteiger partial charge in [0.15, 0.2) is 0 Å². The molecule has 1 heterocycles. The molecule has 6 heteroatoms. The van der Waals surface area contributed by atoms with Crippen LogP contribution in [0, 0.1) is 6.92 Å². The van der Waals surface area contributed by atoms with E-state index in [0.717, 1.165) is 42.6 Å². The Morgan fingerprint density at radius 1 is 1.00 bits per heavy atom. The highest BCUT2D eigenvalue weighted by Gasteiger charge is 2.23. The van der Waals surface area contributed by atoms with E-state index < -0.39 is 0 Å². The maximum atomic E-state index is 13.2. The van der Waals surface area contributed by atoms with E-state index in [0.29, 0.717) is 17.9 Å². The molecule has 192 valence electrons. The number of aryl methyl sites for hydroxylation is 2. The molecule has 0 radical (unpaired) electrons. The average Bonchev–Trinajstić information content (AvgIpc) is 3.26. The molecular weight excluding hydrogens is 448 g/mol.